The topological polar surface area (TPSA) is 95.1 Å². The molecule has 1 amide bonds. The quantitative estimate of drug-likeness (QED) is 0.347. The van der Waals surface area contributed by atoms with E-state index in [1.807, 2.05) is 42.5 Å². The predicted molar refractivity (Wildman–Crippen MR) is 159 cm³/mol. The highest BCUT2D eigenvalue weighted by molar-refractivity contribution is 6.30. The number of nitrogens with one attached hydrogen (secondary N) is 2. The summed E-state index contributed by atoms with van der Waals surface area (Å²) >= 11 is 6.24. The number of aromatic nitrogens is 2. The first-order valence-corrected chi connectivity index (χ1v) is 13.6. The lowest BCUT2D eigenvalue weighted by molar-refractivity contribution is -0.111. The lowest BCUT2D eigenvalue weighted by Gasteiger charge is -2.26. The van der Waals surface area contributed by atoms with E-state index in [0.29, 0.717) is 46.4 Å². The van der Waals surface area contributed by atoms with Crippen molar-refractivity contribution < 1.29 is 14.4 Å². The third-order valence-electron chi connectivity index (χ3n) is 7.27. The number of hydrogen-bond acceptors (Lipinski definition) is 9. The maximum Gasteiger partial charge on any atom is 0.247 e. The third-order valence-corrected chi connectivity index (χ3v) is 7.51. The van der Waals surface area contributed by atoms with Crippen LogP contribution in [0.5, 0.6) is 5.75 Å². The molecule has 0 aliphatic carbocycles. The molecule has 11 heteroatoms. The fourth-order valence-electron chi connectivity index (χ4n) is 5.15. The number of anilines is 5. The van der Waals surface area contributed by atoms with Gasteiger partial charge in [-0.1, -0.05) is 30.3 Å². The zero-order valence-corrected chi connectivity index (χ0v) is 23.7. The first kappa shape index (κ1) is 27.7. The summed E-state index contributed by atoms with van der Waals surface area (Å²) in [5.74, 6) is 1.49. The highest BCUT2D eigenvalue weighted by Gasteiger charge is 2.30. The van der Waals surface area contributed by atoms with E-state index in [2.05, 4.69) is 51.1 Å². The smallest absolute Gasteiger partial charge is 0.247 e. The van der Waals surface area contributed by atoms with Crippen molar-refractivity contribution in [3.8, 4) is 5.75 Å². The Morgan fingerprint density at radius 2 is 2.05 bits per heavy atom. The molecule has 2 aliphatic rings. The summed E-state index contributed by atoms with van der Waals surface area (Å²) in [6, 6.07) is 13.8. The molecule has 1 aromatic heterocycles. The zero-order valence-electron chi connectivity index (χ0n) is 22.9. The number of rotatable bonds is 9. The van der Waals surface area contributed by atoms with Gasteiger partial charge in [-0.2, -0.15) is 0 Å². The van der Waals surface area contributed by atoms with E-state index in [0.717, 1.165) is 37.2 Å². The van der Waals surface area contributed by atoms with E-state index < -0.39 is 0 Å². The lowest BCUT2D eigenvalue weighted by Crippen LogP contribution is -2.31. The second kappa shape index (κ2) is 12.1. The predicted octanol–water partition coefficient (Wildman–Crippen LogP) is 5.03. The highest BCUT2D eigenvalue weighted by Crippen LogP contribution is 2.41. The molecule has 0 radical (unpaired) electrons. The molecule has 0 spiro atoms. The van der Waals surface area contributed by atoms with Crippen molar-refractivity contribution in [2.45, 2.75) is 24.9 Å². The minimum absolute atomic E-state index is 0.0255. The Morgan fingerprint density at radius 1 is 1.20 bits per heavy atom. The molecule has 10 nitrogen and oxygen atoms in total. The molecule has 5 rings (SSSR count). The number of nitrogens with zero attached hydrogens (tertiary/aromatic N) is 5. The van der Waals surface area contributed by atoms with Gasteiger partial charge in [0, 0.05) is 42.7 Å². The summed E-state index contributed by atoms with van der Waals surface area (Å²) in [6.45, 7) is 5.89. The van der Waals surface area contributed by atoms with E-state index in [-0.39, 0.29) is 11.9 Å². The second-order valence-corrected chi connectivity index (χ2v) is 10.5. The van der Waals surface area contributed by atoms with Crippen molar-refractivity contribution in [3.63, 3.8) is 0 Å². The number of halogens is 1. The molecule has 2 aliphatic heterocycles. The van der Waals surface area contributed by atoms with Gasteiger partial charge in [0.05, 0.1) is 36.8 Å². The fraction of sp³-hybridized carbons (Fsp3) is 0.345. The Hall–Kier alpha value is -3.86. The summed E-state index contributed by atoms with van der Waals surface area (Å²) < 4.78 is 5.77. The van der Waals surface area contributed by atoms with Crippen molar-refractivity contribution in [2.24, 2.45) is 0 Å². The zero-order chi connectivity index (χ0) is 28.2. The van der Waals surface area contributed by atoms with Crippen molar-refractivity contribution in [3.05, 3.63) is 72.0 Å². The van der Waals surface area contributed by atoms with E-state index in [1.165, 1.54) is 12.4 Å². The molecule has 2 atom stereocenters. The molecule has 2 fully saturated rings. The molecule has 2 aromatic carbocycles. The number of likely N-dealkylation sites (N-methyl/N-ethyl adjacent to an activating group) is 1. The van der Waals surface area contributed by atoms with Gasteiger partial charge in [0.15, 0.2) is 5.82 Å². The van der Waals surface area contributed by atoms with Crippen LogP contribution in [0.25, 0.3) is 0 Å². The van der Waals surface area contributed by atoms with Crippen LogP contribution in [-0.4, -0.2) is 67.7 Å². The fourth-order valence-corrected chi connectivity index (χ4v) is 5.35. The first-order chi connectivity index (χ1) is 19.4. The minimum atomic E-state index is -0.289. The second-order valence-electron chi connectivity index (χ2n) is 10.0. The van der Waals surface area contributed by atoms with Gasteiger partial charge < -0.3 is 25.2 Å². The third kappa shape index (κ3) is 5.99. The number of hydroxylamine groups is 1. The molecule has 210 valence electrons. The SMILES string of the molecule is C=CC(=O)Nc1cc(Nc2cc(N3OCC[C@@H]3c3cccc(Cl)c3)ncn2)c(OC)cc1N1CC[C@H](N(C)C)C1. The summed E-state index contributed by atoms with van der Waals surface area (Å²) in [7, 11) is 5.79. The first-order valence-electron chi connectivity index (χ1n) is 13.2. The number of hydrogen-bond donors (Lipinski definition) is 2. The Labute approximate surface area is 239 Å². The Morgan fingerprint density at radius 3 is 2.77 bits per heavy atom. The van der Waals surface area contributed by atoms with Crippen LogP contribution in [0.4, 0.5) is 28.7 Å². The number of carbonyl (C=O) groups excluding carboxylic acids is 1. The standard InChI is InChI=1S/C29H34ClN7O3/c1-5-29(38)34-22-14-23(26(39-4)15-25(22)36-11-9-21(17-36)35(2)3)33-27-16-28(32-18-31-27)37-24(10-12-40-37)19-7-6-8-20(30)13-19/h5-8,13-16,18,21,24H,1,9-12,17H2,2-4H3,(H,34,38)(H,31,32,33)/t21-,24+/m0/s1. The van der Waals surface area contributed by atoms with Crippen molar-refractivity contribution in [2.75, 3.05) is 61.5 Å². The number of benzene rings is 2. The van der Waals surface area contributed by atoms with Gasteiger partial charge in [-0.3, -0.25) is 9.63 Å². The summed E-state index contributed by atoms with van der Waals surface area (Å²) in [4.78, 5) is 31.7. The Balaban J connectivity index is 1.44. The van der Waals surface area contributed by atoms with Gasteiger partial charge in [-0.05, 0) is 50.4 Å². The van der Waals surface area contributed by atoms with Gasteiger partial charge in [-0.15, -0.1) is 0 Å². The summed E-state index contributed by atoms with van der Waals surface area (Å²) in [5.41, 5.74) is 3.25. The van der Waals surface area contributed by atoms with E-state index >= 15 is 0 Å². The average Bonchev–Trinajstić information content (AvgIpc) is 3.64. The monoisotopic (exact) mass is 563 g/mol. The number of carbonyl (C=O) groups is 1. The normalized spacial score (nSPS) is 18.7. The number of amides is 1. The van der Waals surface area contributed by atoms with Gasteiger partial charge in [-0.25, -0.2) is 15.0 Å². The van der Waals surface area contributed by atoms with Crippen LogP contribution >= 0.6 is 11.6 Å². The maximum absolute atomic E-state index is 12.3. The average molecular weight is 564 g/mol. The van der Waals surface area contributed by atoms with Gasteiger partial charge >= 0.3 is 0 Å². The van der Waals surface area contributed by atoms with Crippen LogP contribution in [0, 0.1) is 0 Å². The number of ether oxygens (including phenoxy) is 1. The summed E-state index contributed by atoms with van der Waals surface area (Å²) in [5, 5.41) is 8.78. The van der Waals surface area contributed by atoms with Gasteiger partial charge in [0.1, 0.15) is 17.9 Å². The van der Waals surface area contributed by atoms with Crippen molar-refractivity contribution >= 4 is 46.2 Å². The number of methoxy groups -OCH3 is 1. The van der Waals surface area contributed by atoms with Gasteiger partial charge in [0.25, 0.3) is 0 Å². The highest BCUT2D eigenvalue weighted by atomic mass is 35.5. The molecule has 0 bridgehead atoms. The van der Waals surface area contributed by atoms with Crippen molar-refractivity contribution in [1.29, 1.82) is 0 Å². The molecular weight excluding hydrogens is 530 g/mol. The lowest BCUT2D eigenvalue weighted by atomic mass is 10.0. The summed E-state index contributed by atoms with van der Waals surface area (Å²) in [6.07, 6.45) is 4.58. The molecule has 2 N–H and O–H groups in total. The maximum atomic E-state index is 12.3. The molecule has 3 aromatic rings. The van der Waals surface area contributed by atoms with Gasteiger partial charge in [0.2, 0.25) is 5.91 Å². The van der Waals surface area contributed by atoms with E-state index in [1.54, 1.807) is 12.2 Å². The largest absolute Gasteiger partial charge is 0.494 e. The minimum Gasteiger partial charge on any atom is -0.494 e. The Bertz CT molecular complexity index is 1390. The van der Waals surface area contributed by atoms with Crippen LogP contribution in [0.1, 0.15) is 24.4 Å². The van der Waals surface area contributed by atoms with Crippen LogP contribution in [0.2, 0.25) is 5.02 Å². The van der Waals surface area contributed by atoms with E-state index in [4.69, 9.17) is 21.2 Å². The van der Waals surface area contributed by atoms with Crippen LogP contribution in [-0.2, 0) is 9.63 Å². The van der Waals surface area contributed by atoms with Crippen LogP contribution < -0.4 is 25.3 Å². The molecule has 0 saturated carbocycles. The molecular formula is C29H34ClN7O3. The molecule has 2 saturated heterocycles. The van der Waals surface area contributed by atoms with Crippen LogP contribution in [0.3, 0.4) is 0 Å². The van der Waals surface area contributed by atoms with E-state index in [9.17, 15) is 4.79 Å². The molecule has 0 unspecified atom stereocenters. The molecule has 3 heterocycles. The van der Waals surface area contributed by atoms with Crippen LogP contribution in [0.15, 0.2) is 61.4 Å². The Kier molecular flexibility index (Phi) is 8.39. The van der Waals surface area contributed by atoms with Crippen molar-refractivity contribution in [1.82, 2.24) is 14.9 Å². The molecule has 40 heavy (non-hydrogen) atoms.